The predicted molar refractivity (Wildman–Crippen MR) is 89.2 cm³/mol. The van der Waals surface area contributed by atoms with Crippen molar-refractivity contribution in [3.63, 3.8) is 0 Å². The van der Waals surface area contributed by atoms with Gasteiger partial charge in [0.25, 0.3) is 0 Å². The summed E-state index contributed by atoms with van der Waals surface area (Å²) in [5.74, 6) is 0.935. The van der Waals surface area contributed by atoms with Gasteiger partial charge in [-0.2, -0.15) is 0 Å². The largest absolute Gasteiger partial charge is 0.493 e. The van der Waals surface area contributed by atoms with Crippen molar-refractivity contribution >= 4 is 11.3 Å². The summed E-state index contributed by atoms with van der Waals surface area (Å²) >= 11 is 1.79. The Labute approximate surface area is 131 Å². The van der Waals surface area contributed by atoms with Crippen LogP contribution in [-0.2, 0) is 13.0 Å². The molecular formula is C17H24N2OS. The number of ether oxygens (including phenoxy) is 1. The fourth-order valence-corrected chi connectivity index (χ4v) is 3.02. The molecule has 0 spiro atoms. The number of nitrogens with one attached hydrogen (secondary N) is 1. The summed E-state index contributed by atoms with van der Waals surface area (Å²) in [4.78, 5) is 5.96. The Hall–Kier alpha value is -1.39. The molecule has 2 aromatic rings. The van der Waals surface area contributed by atoms with E-state index in [1.165, 1.54) is 10.4 Å². The third-order valence-electron chi connectivity index (χ3n) is 3.18. The van der Waals surface area contributed by atoms with Crippen molar-refractivity contribution in [2.45, 2.75) is 46.7 Å². The van der Waals surface area contributed by atoms with Crippen molar-refractivity contribution in [3.05, 3.63) is 45.4 Å². The van der Waals surface area contributed by atoms with Crippen molar-refractivity contribution in [1.29, 1.82) is 0 Å². The first-order valence-corrected chi connectivity index (χ1v) is 8.24. The van der Waals surface area contributed by atoms with Crippen LogP contribution in [0.15, 0.2) is 24.3 Å². The summed E-state index contributed by atoms with van der Waals surface area (Å²) in [6.45, 7) is 10.1. The Morgan fingerprint density at radius 3 is 2.81 bits per heavy atom. The smallest absolute Gasteiger partial charge is 0.119 e. The molecule has 3 nitrogen and oxygen atoms in total. The van der Waals surface area contributed by atoms with Crippen LogP contribution < -0.4 is 10.1 Å². The first-order valence-electron chi connectivity index (χ1n) is 7.42. The molecule has 0 aliphatic heterocycles. The zero-order valence-electron chi connectivity index (χ0n) is 13.3. The van der Waals surface area contributed by atoms with Crippen molar-refractivity contribution < 1.29 is 4.74 Å². The Balaban J connectivity index is 1.84. The Morgan fingerprint density at radius 1 is 1.29 bits per heavy atom. The second-order valence-electron chi connectivity index (χ2n) is 5.57. The van der Waals surface area contributed by atoms with Gasteiger partial charge in [0, 0.05) is 23.9 Å². The number of thiazole rings is 1. The van der Waals surface area contributed by atoms with Gasteiger partial charge in [0.1, 0.15) is 5.75 Å². The average Bonchev–Trinajstić information content (AvgIpc) is 2.77. The number of hydrogen-bond acceptors (Lipinski definition) is 4. The highest BCUT2D eigenvalue weighted by molar-refractivity contribution is 7.11. The molecular weight excluding hydrogens is 280 g/mol. The van der Waals surface area contributed by atoms with Gasteiger partial charge in [-0.25, -0.2) is 4.98 Å². The lowest BCUT2D eigenvalue weighted by Gasteiger charge is -2.06. The second-order valence-corrected chi connectivity index (χ2v) is 6.73. The van der Waals surface area contributed by atoms with Gasteiger partial charge in [0.15, 0.2) is 0 Å². The van der Waals surface area contributed by atoms with Gasteiger partial charge in [-0.05, 0) is 31.5 Å². The van der Waals surface area contributed by atoms with Crippen molar-refractivity contribution in [3.8, 4) is 5.75 Å². The number of rotatable bonds is 7. The van der Waals surface area contributed by atoms with E-state index in [4.69, 9.17) is 4.74 Å². The lowest BCUT2D eigenvalue weighted by molar-refractivity contribution is 0.321. The van der Waals surface area contributed by atoms with Crippen molar-refractivity contribution in [1.82, 2.24) is 10.3 Å². The molecule has 1 heterocycles. The highest BCUT2D eigenvalue weighted by atomic mass is 32.1. The minimum Gasteiger partial charge on any atom is -0.493 e. The van der Waals surface area contributed by atoms with Crippen LogP contribution in [0.5, 0.6) is 5.75 Å². The van der Waals surface area contributed by atoms with Crippen LogP contribution in [0.4, 0.5) is 0 Å². The number of benzene rings is 1. The highest BCUT2D eigenvalue weighted by Crippen LogP contribution is 2.19. The van der Waals surface area contributed by atoms with E-state index in [-0.39, 0.29) is 0 Å². The van der Waals surface area contributed by atoms with E-state index in [0.29, 0.717) is 12.6 Å². The third-order valence-corrected chi connectivity index (χ3v) is 4.40. The third kappa shape index (κ3) is 5.14. The number of hydrogen-bond donors (Lipinski definition) is 1. The molecule has 4 heteroatoms. The number of aryl methyl sites for hydroxylation is 2. The van der Waals surface area contributed by atoms with E-state index < -0.39 is 0 Å². The van der Waals surface area contributed by atoms with Crippen LogP contribution in [0.2, 0.25) is 0 Å². The predicted octanol–water partition coefficient (Wildman–Crippen LogP) is 3.88. The van der Waals surface area contributed by atoms with Gasteiger partial charge in [0.05, 0.1) is 17.3 Å². The first-order chi connectivity index (χ1) is 10.0. The van der Waals surface area contributed by atoms with Crippen LogP contribution >= 0.6 is 11.3 Å². The summed E-state index contributed by atoms with van der Waals surface area (Å²) in [5, 5.41) is 4.60. The Bertz CT molecular complexity index is 578. The molecule has 0 radical (unpaired) electrons. The summed E-state index contributed by atoms with van der Waals surface area (Å²) in [6.07, 6.45) is 0.862. The molecule has 0 amide bonds. The summed E-state index contributed by atoms with van der Waals surface area (Å²) in [7, 11) is 0. The molecule has 0 saturated carbocycles. The maximum absolute atomic E-state index is 5.79. The molecule has 2 rings (SSSR count). The standard InChI is InChI=1S/C17H24N2OS/c1-12(2)18-11-16-14(4)19-17(21-16)8-9-20-15-7-5-6-13(3)10-15/h5-7,10,12,18H,8-9,11H2,1-4H3. The van der Waals surface area contributed by atoms with Gasteiger partial charge >= 0.3 is 0 Å². The zero-order chi connectivity index (χ0) is 15.2. The molecule has 1 aromatic carbocycles. The van der Waals surface area contributed by atoms with E-state index in [1.54, 1.807) is 11.3 Å². The topological polar surface area (TPSA) is 34.1 Å². The van der Waals surface area contributed by atoms with E-state index in [1.807, 2.05) is 12.1 Å². The lowest BCUT2D eigenvalue weighted by Crippen LogP contribution is -2.21. The lowest BCUT2D eigenvalue weighted by atomic mass is 10.2. The van der Waals surface area contributed by atoms with Crippen LogP contribution in [-0.4, -0.2) is 17.6 Å². The molecule has 0 atom stereocenters. The molecule has 1 N–H and O–H groups in total. The maximum atomic E-state index is 5.79. The van der Waals surface area contributed by atoms with Gasteiger partial charge in [-0.15, -0.1) is 11.3 Å². The Kier molecular flexibility index (Phi) is 5.76. The Morgan fingerprint density at radius 2 is 2.10 bits per heavy atom. The van der Waals surface area contributed by atoms with Crippen LogP contribution in [0.3, 0.4) is 0 Å². The van der Waals surface area contributed by atoms with Gasteiger partial charge < -0.3 is 10.1 Å². The van der Waals surface area contributed by atoms with Gasteiger partial charge in [-0.3, -0.25) is 0 Å². The second kappa shape index (κ2) is 7.57. The fraction of sp³-hybridized carbons (Fsp3) is 0.471. The quantitative estimate of drug-likeness (QED) is 0.843. The van der Waals surface area contributed by atoms with Crippen LogP contribution in [0.25, 0.3) is 0 Å². The fourth-order valence-electron chi connectivity index (χ4n) is 2.02. The van der Waals surface area contributed by atoms with Gasteiger partial charge in [0.2, 0.25) is 0 Å². The minimum atomic E-state index is 0.500. The van der Waals surface area contributed by atoms with E-state index in [0.717, 1.165) is 29.4 Å². The maximum Gasteiger partial charge on any atom is 0.119 e. The van der Waals surface area contributed by atoms with E-state index in [2.05, 4.69) is 50.1 Å². The monoisotopic (exact) mass is 304 g/mol. The van der Waals surface area contributed by atoms with Gasteiger partial charge in [-0.1, -0.05) is 26.0 Å². The van der Waals surface area contributed by atoms with Crippen LogP contribution in [0.1, 0.15) is 35.0 Å². The molecule has 0 bridgehead atoms. The molecule has 1 aromatic heterocycles. The van der Waals surface area contributed by atoms with E-state index >= 15 is 0 Å². The summed E-state index contributed by atoms with van der Waals surface area (Å²) in [5.41, 5.74) is 2.36. The zero-order valence-corrected chi connectivity index (χ0v) is 14.1. The molecule has 114 valence electrons. The molecule has 21 heavy (non-hydrogen) atoms. The molecule has 0 saturated heterocycles. The minimum absolute atomic E-state index is 0.500. The van der Waals surface area contributed by atoms with Crippen LogP contribution in [0, 0.1) is 13.8 Å². The first kappa shape index (κ1) is 16.0. The molecule has 0 aliphatic rings. The van der Waals surface area contributed by atoms with Crippen molar-refractivity contribution in [2.75, 3.05) is 6.61 Å². The number of aromatic nitrogens is 1. The molecule has 0 fully saturated rings. The summed E-state index contributed by atoms with van der Waals surface area (Å²) in [6, 6.07) is 8.65. The molecule has 0 unspecified atom stereocenters. The number of nitrogens with zero attached hydrogens (tertiary/aromatic N) is 1. The normalized spacial score (nSPS) is 11.1. The highest BCUT2D eigenvalue weighted by Gasteiger charge is 2.08. The van der Waals surface area contributed by atoms with Crippen molar-refractivity contribution in [2.24, 2.45) is 0 Å². The molecule has 0 aliphatic carbocycles. The SMILES string of the molecule is Cc1cccc(OCCc2nc(C)c(CNC(C)C)s2)c1. The summed E-state index contributed by atoms with van der Waals surface area (Å²) < 4.78 is 5.79. The average molecular weight is 304 g/mol. The van der Waals surface area contributed by atoms with E-state index in [9.17, 15) is 0 Å².